The molecule has 0 spiro atoms. The monoisotopic (exact) mass is 219 g/mol. The Morgan fingerprint density at radius 3 is 2.81 bits per heavy atom. The molecule has 0 aliphatic heterocycles. The van der Waals surface area contributed by atoms with E-state index in [-0.39, 0.29) is 17.5 Å². The van der Waals surface area contributed by atoms with Gasteiger partial charge in [0.1, 0.15) is 5.75 Å². The van der Waals surface area contributed by atoms with E-state index in [9.17, 15) is 9.90 Å². The summed E-state index contributed by atoms with van der Waals surface area (Å²) in [6.45, 7) is 0. The van der Waals surface area contributed by atoms with Crippen LogP contribution in [-0.4, -0.2) is 20.3 Å². The number of hydrogen-bond donors (Lipinski definition) is 4. The molecule has 0 aliphatic rings. The third kappa shape index (κ3) is 1.92. The van der Waals surface area contributed by atoms with E-state index >= 15 is 0 Å². The molecule has 0 bridgehead atoms. The lowest BCUT2D eigenvalue weighted by atomic mass is 10.3. The maximum absolute atomic E-state index is 10.9. The van der Waals surface area contributed by atoms with Crippen LogP contribution in [0.15, 0.2) is 29.1 Å². The molecule has 2 aromatic rings. The number of H-pyrrole nitrogens is 1. The fraction of sp³-hybridized carbons (Fsp3) is 0. The number of nitrogen functional groups attached to an aromatic ring is 1. The Morgan fingerprint density at radius 2 is 2.12 bits per heavy atom. The standard InChI is InChI=1S/C9H9N5O2/c10-7-8(16)13-14-9(12-7)11-5-3-1-2-4-6(5)15/h1-4,15H,(H,13,16)(H3,10,11,12,14). The van der Waals surface area contributed by atoms with Gasteiger partial charge in [0.2, 0.25) is 5.95 Å². The molecular formula is C9H9N5O2. The summed E-state index contributed by atoms with van der Waals surface area (Å²) >= 11 is 0. The van der Waals surface area contributed by atoms with E-state index in [1.165, 1.54) is 6.07 Å². The van der Waals surface area contributed by atoms with Gasteiger partial charge in [-0.2, -0.15) is 4.98 Å². The van der Waals surface area contributed by atoms with Gasteiger partial charge in [-0.3, -0.25) is 4.79 Å². The summed E-state index contributed by atoms with van der Waals surface area (Å²) in [6.07, 6.45) is 0. The molecule has 0 fully saturated rings. The van der Waals surface area contributed by atoms with Gasteiger partial charge in [0.05, 0.1) is 5.69 Å². The zero-order chi connectivity index (χ0) is 11.5. The van der Waals surface area contributed by atoms with Crippen molar-refractivity contribution in [3.63, 3.8) is 0 Å². The molecule has 0 saturated heterocycles. The number of hydrogen-bond acceptors (Lipinski definition) is 6. The molecule has 7 nitrogen and oxygen atoms in total. The van der Waals surface area contributed by atoms with Gasteiger partial charge >= 0.3 is 5.56 Å². The van der Waals surface area contributed by atoms with Crippen LogP contribution >= 0.6 is 0 Å². The zero-order valence-corrected chi connectivity index (χ0v) is 8.14. The summed E-state index contributed by atoms with van der Waals surface area (Å²) in [5.74, 6) is -0.0256. The highest BCUT2D eigenvalue weighted by Crippen LogP contribution is 2.23. The predicted molar refractivity (Wildman–Crippen MR) is 58.5 cm³/mol. The van der Waals surface area contributed by atoms with Gasteiger partial charge in [-0.25, -0.2) is 5.10 Å². The van der Waals surface area contributed by atoms with E-state index in [0.717, 1.165) is 0 Å². The summed E-state index contributed by atoms with van der Waals surface area (Å²) in [4.78, 5) is 14.6. The lowest BCUT2D eigenvalue weighted by Crippen LogP contribution is -2.16. The first-order valence-electron chi connectivity index (χ1n) is 4.44. The topological polar surface area (TPSA) is 117 Å². The van der Waals surface area contributed by atoms with Gasteiger partial charge in [0, 0.05) is 0 Å². The van der Waals surface area contributed by atoms with Crippen LogP contribution in [0.25, 0.3) is 0 Å². The van der Waals surface area contributed by atoms with Crippen LogP contribution in [0.4, 0.5) is 17.5 Å². The molecule has 5 N–H and O–H groups in total. The van der Waals surface area contributed by atoms with Crippen molar-refractivity contribution in [1.82, 2.24) is 15.2 Å². The first-order valence-corrected chi connectivity index (χ1v) is 4.44. The number of para-hydroxylation sites is 2. The SMILES string of the molecule is Nc1nc(Nc2ccccc2O)n[nH]c1=O. The molecular weight excluding hydrogens is 210 g/mol. The number of phenols is 1. The summed E-state index contributed by atoms with van der Waals surface area (Å²) in [7, 11) is 0. The number of phenolic OH excluding ortho intramolecular Hbond substituents is 1. The van der Waals surface area contributed by atoms with Gasteiger partial charge in [0.15, 0.2) is 5.82 Å². The largest absolute Gasteiger partial charge is 0.506 e. The van der Waals surface area contributed by atoms with E-state index < -0.39 is 5.56 Å². The molecule has 16 heavy (non-hydrogen) atoms. The van der Waals surface area contributed by atoms with Crippen LogP contribution in [0.3, 0.4) is 0 Å². The van der Waals surface area contributed by atoms with Gasteiger partial charge < -0.3 is 16.2 Å². The quantitative estimate of drug-likeness (QED) is 0.536. The lowest BCUT2D eigenvalue weighted by Gasteiger charge is -2.05. The number of anilines is 3. The minimum Gasteiger partial charge on any atom is -0.506 e. The minimum absolute atomic E-state index is 0.0517. The predicted octanol–water partition coefficient (Wildman–Crippen LogP) is 0.196. The Balaban J connectivity index is 2.31. The van der Waals surface area contributed by atoms with Crippen LogP contribution in [0, 0.1) is 0 Å². The molecule has 1 aromatic heterocycles. The molecule has 0 atom stereocenters. The highest BCUT2D eigenvalue weighted by Gasteiger charge is 2.04. The summed E-state index contributed by atoms with van der Waals surface area (Å²) in [5.41, 5.74) is 5.19. The Hall–Kier alpha value is -2.57. The number of aromatic hydroxyl groups is 1. The second kappa shape index (κ2) is 3.89. The Kier molecular flexibility index (Phi) is 2.42. The van der Waals surface area contributed by atoms with E-state index in [2.05, 4.69) is 20.5 Å². The number of nitrogens with two attached hydrogens (primary N) is 1. The van der Waals surface area contributed by atoms with Crippen molar-refractivity contribution in [3.8, 4) is 5.75 Å². The molecule has 0 unspecified atom stereocenters. The minimum atomic E-state index is -0.553. The van der Waals surface area contributed by atoms with Crippen molar-refractivity contribution >= 4 is 17.5 Å². The first-order chi connectivity index (χ1) is 7.66. The van der Waals surface area contributed by atoms with Gasteiger partial charge in [-0.1, -0.05) is 12.1 Å². The fourth-order valence-corrected chi connectivity index (χ4v) is 1.11. The van der Waals surface area contributed by atoms with Crippen molar-refractivity contribution in [2.24, 2.45) is 0 Å². The maximum Gasteiger partial charge on any atom is 0.306 e. The van der Waals surface area contributed by atoms with E-state index in [4.69, 9.17) is 5.73 Å². The van der Waals surface area contributed by atoms with Crippen LogP contribution in [0.2, 0.25) is 0 Å². The number of rotatable bonds is 2. The highest BCUT2D eigenvalue weighted by molar-refractivity contribution is 5.61. The maximum atomic E-state index is 10.9. The van der Waals surface area contributed by atoms with Crippen LogP contribution < -0.4 is 16.6 Å². The Bertz CT molecular complexity index is 566. The fourth-order valence-electron chi connectivity index (χ4n) is 1.11. The van der Waals surface area contributed by atoms with Gasteiger partial charge in [-0.15, -0.1) is 5.10 Å². The van der Waals surface area contributed by atoms with Crippen LogP contribution in [0.1, 0.15) is 0 Å². The Labute approximate surface area is 90.0 Å². The molecule has 0 aliphatic carbocycles. The molecule has 2 rings (SSSR count). The van der Waals surface area contributed by atoms with Crippen LogP contribution in [0.5, 0.6) is 5.75 Å². The molecule has 7 heteroatoms. The second-order valence-electron chi connectivity index (χ2n) is 3.02. The van der Waals surface area contributed by atoms with Crippen LogP contribution in [-0.2, 0) is 0 Å². The van der Waals surface area contributed by atoms with E-state index in [1.54, 1.807) is 18.2 Å². The average Bonchev–Trinajstić information content (AvgIpc) is 2.27. The lowest BCUT2D eigenvalue weighted by molar-refractivity contribution is 0.477. The summed E-state index contributed by atoms with van der Waals surface area (Å²) in [6, 6.07) is 6.57. The number of nitrogens with one attached hydrogen (secondary N) is 2. The normalized spacial score (nSPS) is 10.0. The van der Waals surface area contributed by atoms with Gasteiger partial charge in [0.25, 0.3) is 0 Å². The molecule has 1 heterocycles. The van der Waals surface area contributed by atoms with Gasteiger partial charge in [-0.05, 0) is 12.1 Å². The zero-order valence-electron chi connectivity index (χ0n) is 8.14. The molecule has 1 aromatic carbocycles. The van der Waals surface area contributed by atoms with Crippen molar-refractivity contribution in [2.45, 2.75) is 0 Å². The van der Waals surface area contributed by atoms with Crippen molar-refractivity contribution in [1.29, 1.82) is 0 Å². The molecule has 0 saturated carbocycles. The second-order valence-corrected chi connectivity index (χ2v) is 3.02. The van der Waals surface area contributed by atoms with Crippen molar-refractivity contribution in [2.75, 3.05) is 11.1 Å². The number of aromatic amines is 1. The third-order valence-corrected chi connectivity index (χ3v) is 1.87. The molecule has 0 amide bonds. The summed E-state index contributed by atoms with van der Waals surface area (Å²) in [5, 5.41) is 18.0. The number of nitrogens with zero attached hydrogens (tertiary/aromatic N) is 2. The average molecular weight is 219 g/mol. The van der Waals surface area contributed by atoms with E-state index in [1.807, 2.05) is 0 Å². The third-order valence-electron chi connectivity index (χ3n) is 1.87. The first kappa shape index (κ1) is 9.97. The molecule has 0 radical (unpaired) electrons. The number of benzene rings is 1. The van der Waals surface area contributed by atoms with Crippen molar-refractivity contribution < 1.29 is 5.11 Å². The Morgan fingerprint density at radius 1 is 1.38 bits per heavy atom. The number of aromatic nitrogens is 3. The highest BCUT2D eigenvalue weighted by atomic mass is 16.3. The summed E-state index contributed by atoms with van der Waals surface area (Å²) < 4.78 is 0. The van der Waals surface area contributed by atoms with E-state index in [0.29, 0.717) is 5.69 Å². The molecule has 82 valence electrons. The van der Waals surface area contributed by atoms with Crippen molar-refractivity contribution in [3.05, 3.63) is 34.6 Å². The smallest absolute Gasteiger partial charge is 0.306 e.